The molecule has 3 aliphatic heterocycles. The molecule has 30 heavy (non-hydrogen) atoms. The summed E-state index contributed by atoms with van der Waals surface area (Å²) in [7, 11) is 0. The fraction of sp³-hybridized carbons (Fsp3) is 0.696. The number of hydrogen-bond acceptors (Lipinski definition) is 4. The minimum atomic E-state index is 0. The van der Waals surface area contributed by atoms with Gasteiger partial charge in [-0.15, -0.1) is 24.0 Å². The highest BCUT2D eigenvalue weighted by Crippen LogP contribution is 2.34. The standard InChI is InChI=1S/C23H37N5O.HI/c1-3-24-23(26-21-15-20-9-10-22(21)29-20)25-16-18-5-7-19(8-6-18)17-28-13-11-27(4-2)12-14-28;/h5-8,20-22H,3-4,9-17H2,1-2H3,(H2,24,25,26);1H. The molecule has 3 aliphatic rings. The number of benzene rings is 1. The zero-order valence-corrected chi connectivity index (χ0v) is 20.8. The third kappa shape index (κ3) is 6.31. The molecule has 0 spiro atoms. The minimum Gasteiger partial charge on any atom is -0.373 e. The van der Waals surface area contributed by atoms with Gasteiger partial charge in [0.05, 0.1) is 24.8 Å². The molecule has 3 fully saturated rings. The molecule has 6 nitrogen and oxygen atoms in total. The van der Waals surface area contributed by atoms with Gasteiger partial charge >= 0.3 is 0 Å². The van der Waals surface area contributed by atoms with Crippen LogP contribution in [-0.2, 0) is 17.8 Å². The first-order valence-corrected chi connectivity index (χ1v) is 11.5. The Labute approximate surface area is 198 Å². The molecular weight excluding hydrogens is 489 g/mol. The number of halogens is 1. The third-order valence-corrected chi connectivity index (χ3v) is 6.53. The molecule has 2 bridgehead atoms. The Morgan fingerprint density at radius 3 is 2.33 bits per heavy atom. The topological polar surface area (TPSA) is 52.1 Å². The maximum Gasteiger partial charge on any atom is 0.191 e. The van der Waals surface area contributed by atoms with Crippen molar-refractivity contribution < 1.29 is 4.74 Å². The molecule has 2 N–H and O–H groups in total. The summed E-state index contributed by atoms with van der Waals surface area (Å²) in [5.74, 6) is 0.909. The van der Waals surface area contributed by atoms with Crippen LogP contribution in [0.4, 0.5) is 0 Å². The minimum absolute atomic E-state index is 0. The molecule has 0 aromatic heterocycles. The van der Waals surface area contributed by atoms with Gasteiger partial charge in [0.15, 0.2) is 5.96 Å². The van der Waals surface area contributed by atoms with E-state index in [0.29, 0.717) is 24.8 Å². The first kappa shape index (κ1) is 23.8. The Bertz CT molecular complexity index is 675. The molecule has 168 valence electrons. The van der Waals surface area contributed by atoms with Gasteiger partial charge in [0.2, 0.25) is 0 Å². The average Bonchev–Trinajstić information content (AvgIpc) is 3.37. The van der Waals surface area contributed by atoms with Crippen LogP contribution in [0, 0.1) is 0 Å². The van der Waals surface area contributed by atoms with E-state index in [-0.39, 0.29) is 24.0 Å². The molecule has 4 rings (SSSR count). The van der Waals surface area contributed by atoms with E-state index in [9.17, 15) is 0 Å². The van der Waals surface area contributed by atoms with Crippen molar-refractivity contribution in [1.29, 1.82) is 0 Å². The number of piperazine rings is 1. The maximum atomic E-state index is 5.96. The summed E-state index contributed by atoms with van der Waals surface area (Å²) < 4.78 is 5.96. The quantitative estimate of drug-likeness (QED) is 0.325. The van der Waals surface area contributed by atoms with Crippen LogP contribution in [0.2, 0.25) is 0 Å². The predicted molar refractivity (Wildman–Crippen MR) is 133 cm³/mol. The van der Waals surface area contributed by atoms with Crippen molar-refractivity contribution in [3.05, 3.63) is 35.4 Å². The van der Waals surface area contributed by atoms with Crippen molar-refractivity contribution in [2.75, 3.05) is 39.3 Å². The van der Waals surface area contributed by atoms with Gasteiger partial charge in [0, 0.05) is 39.3 Å². The van der Waals surface area contributed by atoms with E-state index >= 15 is 0 Å². The molecule has 7 heteroatoms. The molecule has 0 amide bonds. The fourth-order valence-electron chi connectivity index (χ4n) is 4.73. The molecular formula is C23H38IN5O. The summed E-state index contributed by atoms with van der Waals surface area (Å²) in [5, 5.41) is 6.98. The number of aliphatic imine (C=N–C) groups is 1. The van der Waals surface area contributed by atoms with Gasteiger partial charge in [-0.1, -0.05) is 31.2 Å². The second kappa shape index (κ2) is 11.6. The van der Waals surface area contributed by atoms with Crippen LogP contribution in [0.15, 0.2) is 29.3 Å². The third-order valence-electron chi connectivity index (χ3n) is 6.53. The Morgan fingerprint density at radius 1 is 1.03 bits per heavy atom. The molecule has 3 saturated heterocycles. The van der Waals surface area contributed by atoms with Crippen LogP contribution in [0.5, 0.6) is 0 Å². The second-order valence-corrected chi connectivity index (χ2v) is 8.58. The lowest BCUT2D eigenvalue weighted by atomic mass is 9.96. The zero-order chi connectivity index (χ0) is 20.1. The first-order chi connectivity index (χ1) is 14.2. The van der Waals surface area contributed by atoms with E-state index in [1.807, 2.05) is 0 Å². The van der Waals surface area contributed by atoms with E-state index in [1.54, 1.807) is 0 Å². The van der Waals surface area contributed by atoms with Crippen LogP contribution in [0.1, 0.15) is 44.2 Å². The van der Waals surface area contributed by atoms with E-state index in [4.69, 9.17) is 9.73 Å². The summed E-state index contributed by atoms with van der Waals surface area (Å²) in [4.78, 5) is 9.90. The van der Waals surface area contributed by atoms with Gasteiger partial charge in [-0.2, -0.15) is 0 Å². The van der Waals surface area contributed by atoms with E-state index in [0.717, 1.165) is 25.5 Å². The Hall–Kier alpha value is -0.900. The summed E-state index contributed by atoms with van der Waals surface area (Å²) >= 11 is 0. The van der Waals surface area contributed by atoms with E-state index < -0.39 is 0 Å². The van der Waals surface area contributed by atoms with Crippen molar-refractivity contribution in [2.24, 2.45) is 4.99 Å². The molecule has 3 unspecified atom stereocenters. The van der Waals surface area contributed by atoms with Crippen molar-refractivity contribution in [3.8, 4) is 0 Å². The number of hydrogen-bond donors (Lipinski definition) is 2. The number of likely N-dealkylation sites (N-methyl/N-ethyl adjacent to an activating group) is 1. The predicted octanol–water partition coefficient (Wildman–Crippen LogP) is 2.82. The first-order valence-electron chi connectivity index (χ1n) is 11.5. The normalized spacial score (nSPS) is 27.1. The highest BCUT2D eigenvalue weighted by molar-refractivity contribution is 14.0. The van der Waals surface area contributed by atoms with Gasteiger partial charge in [0.25, 0.3) is 0 Å². The molecule has 0 aliphatic carbocycles. The average molecular weight is 527 g/mol. The zero-order valence-electron chi connectivity index (χ0n) is 18.5. The summed E-state index contributed by atoms with van der Waals surface area (Å²) in [5.41, 5.74) is 2.65. The molecule has 0 radical (unpaired) electrons. The van der Waals surface area contributed by atoms with E-state index in [2.05, 4.69) is 58.5 Å². The number of guanidine groups is 1. The second-order valence-electron chi connectivity index (χ2n) is 8.58. The van der Waals surface area contributed by atoms with Crippen LogP contribution in [0.25, 0.3) is 0 Å². The number of rotatable bonds is 7. The fourth-order valence-corrected chi connectivity index (χ4v) is 4.73. The smallest absolute Gasteiger partial charge is 0.191 e. The molecule has 3 atom stereocenters. The summed E-state index contributed by atoms with van der Waals surface area (Å²) in [6.07, 6.45) is 4.32. The Kier molecular flexibility index (Phi) is 9.22. The number of nitrogens with zero attached hydrogens (tertiary/aromatic N) is 3. The lowest BCUT2D eigenvalue weighted by molar-refractivity contribution is 0.0992. The van der Waals surface area contributed by atoms with Gasteiger partial charge in [-0.3, -0.25) is 4.90 Å². The molecule has 1 aromatic rings. The van der Waals surface area contributed by atoms with Crippen molar-refractivity contribution in [2.45, 2.75) is 64.4 Å². The van der Waals surface area contributed by atoms with Crippen LogP contribution < -0.4 is 10.6 Å². The van der Waals surface area contributed by atoms with Crippen LogP contribution in [0.3, 0.4) is 0 Å². The number of ether oxygens (including phenoxy) is 1. The van der Waals surface area contributed by atoms with Gasteiger partial charge in [-0.25, -0.2) is 4.99 Å². The maximum absolute atomic E-state index is 5.96. The summed E-state index contributed by atoms with van der Waals surface area (Å²) in [6.45, 7) is 12.9. The Morgan fingerprint density at radius 2 is 1.73 bits per heavy atom. The van der Waals surface area contributed by atoms with Crippen molar-refractivity contribution in [3.63, 3.8) is 0 Å². The number of nitrogens with one attached hydrogen (secondary N) is 2. The van der Waals surface area contributed by atoms with Crippen LogP contribution in [-0.4, -0.2) is 73.3 Å². The van der Waals surface area contributed by atoms with Gasteiger partial charge in [-0.05, 0) is 43.9 Å². The lowest BCUT2D eigenvalue weighted by Gasteiger charge is -2.34. The van der Waals surface area contributed by atoms with Crippen LogP contribution >= 0.6 is 24.0 Å². The molecule has 1 aromatic carbocycles. The molecule has 0 saturated carbocycles. The summed E-state index contributed by atoms with van der Waals surface area (Å²) in [6, 6.07) is 9.39. The SMILES string of the molecule is CCNC(=NCc1ccc(CN2CCN(CC)CC2)cc1)NC1CC2CCC1O2.I. The lowest BCUT2D eigenvalue weighted by Crippen LogP contribution is -2.47. The van der Waals surface area contributed by atoms with Crippen molar-refractivity contribution in [1.82, 2.24) is 20.4 Å². The van der Waals surface area contributed by atoms with E-state index in [1.165, 1.54) is 56.7 Å². The molecule has 3 heterocycles. The monoisotopic (exact) mass is 527 g/mol. The number of fused-ring (bicyclic) bond motifs is 2. The van der Waals surface area contributed by atoms with Crippen molar-refractivity contribution >= 4 is 29.9 Å². The van der Waals surface area contributed by atoms with Gasteiger partial charge in [0.1, 0.15) is 0 Å². The largest absolute Gasteiger partial charge is 0.373 e. The highest BCUT2D eigenvalue weighted by Gasteiger charge is 2.41. The Balaban J connectivity index is 0.00000256. The van der Waals surface area contributed by atoms with Gasteiger partial charge < -0.3 is 20.3 Å². The highest BCUT2D eigenvalue weighted by atomic mass is 127.